The minimum atomic E-state index is -0.922. The Balaban J connectivity index is 1.47. The molecule has 43 heavy (non-hydrogen) atoms. The summed E-state index contributed by atoms with van der Waals surface area (Å²) in [6.45, 7) is 6.73. The van der Waals surface area contributed by atoms with Gasteiger partial charge < -0.3 is 14.6 Å². The van der Waals surface area contributed by atoms with E-state index in [-0.39, 0.29) is 11.3 Å². The Labute approximate surface area is 253 Å². The molecule has 0 spiro atoms. The third kappa shape index (κ3) is 5.49. The van der Waals surface area contributed by atoms with Crippen LogP contribution in [-0.4, -0.2) is 28.4 Å². The largest absolute Gasteiger partial charge is 0.507 e. The molecule has 5 aromatic rings. The lowest BCUT2D eigenvalue weighted by molar-refractivity contribution is -0.132. The second-order valence-corrected chi connectivity index (χ2v) is 11.4. The minimum absolute atomic E-state index is 0.0125. The van der Waals surface area contributed by atoms with Gasteiger partial charge >= 0.3 is 5.91 Å². The maximum Gasteiger partial charge on any atom is 0.301 e. The third-order valence-corrected chi connectivity index (χ3v) is 8.33. The summed E-state index contributed by atoms with van der Waals surface area (Å²) in [6.07, 6.45) is 0. The zero-order valence-electron chi connectivity index (χ0n) is 24.0. The summed E-state index contributed by atoms with van der Waals surface area (Å²) >= 11 is 1.35. The van der Waals surface area contributed by atoms with E-state index < -0.39 is 17.7 Å². The number of carbonyl (C=O) groups is 2. The molecular formula is C35H30N2O5S. The number of carbonyl (C=O) groups excluding carboxylic acids is 2. The second kappa shape index (κ2) is 11.7. The average molecular weight is 591 g/mol. The van der Waals surface area contributed by atoms with E-state index in [2.05, 4.69) is 0 Å². The van der Waals surface area contributed by atoms with Gasteiger partial charge in [0.15, 0.2) is 5.13 Å². The predicted molar refractivity (Wildman–Crippen MR) is 169 cm³/mol. The van der Waals surface area contributed by atoms with Crippen molar-refractivity contribution in [2.45, 2.75) is 33.4 Å². The number of anilines is 1. The lowest BCUT2D eigenvalue weighted by Crippen LogP contribution is -2.29. The Morgan fingerprint density at radius 1 is 0.907 bits per heavy atom. The van der Waals surface area contributed by atoms with Crippen LogP contribution in [0.25, 0.3) is 16.0 Å². The number of amides is 1. The predicted octanol–water partition coefficient (Wildman–Crippen LogP) is 7.52. The van der Waals surface area contributed by atoms with E-state index in [1.165, 1.54) is 16.2 Å². The standard InChI is InChI=1S/C35H30N2O5S/c1-4-41-26-15-13-24(14-16-26)32(38)29-31(25-11-8-12-27(19-25)42-20-23-9-6-5-7-10-23)37(34(40)33(29)39)35-36-30-22(3)17-21(2)18-28(30)43-35/h5-19,31,38H,4,20H2,1-3H3/b32-29+. The fourth-order valence-corrected chi connectivity index (χ4v) is 6.52. The van der Waals surface area contributed by atoms with Crippen LogP contribution in [-0.2, 0) is 16.2 Å². The van der Waals surface area contributed by atoms with Gasteiger partial charge in [-0.15, -0.1) is 0 Å². The lowest BCUT2D eigenvalue weighted by atomic mass is 9.95. The van der Waals surface area contributed by atoms with Crippen LogP contribution < -0.4 is 14.4 Å². The molecule has 1 amide bonds. The molecule has 8 heteroatoms. The van der Waals surface area contributed by atoms with E-state index in [1.54, 1.807) is 30.3 Å². The van der Waals surface area contributed by atoms with E-state index in [4.69, 9.17) is 14.5 Å². The average Bonchev–Trinajstić information content (AvgIpc) is 3.55. The van der Waals surface area contributed by atoms with Crippen molar-refractivity contribution >= 4 is 44.1 Å². The van der Waals surface area contributed by atoms with E-state index in [1.807, 2.05) is 81.4 Å². The van der Waals surface area contributed by atoms with Crippen molar-refractivity contribution in [3.05, 3.63) is 124 Å². The van der Waals surface area contributed by atoms with Crippen molar-refractivity contribution in [1.82, 2.24) is 4.98 Å². The van der Waals surface area contributed by atoms with Crippen molar-refractivity contribution in [3.63, 3.8) is 0 Å². The van der Waals surface area contributed by atoms with Crippen molar-refractivity contribution in [1.29, 1.82) is 0 Å². The number of aryl methyl sites for hydroxylation is 2. The number of aromatic nitrogens is 1. The van der Waals surface area contributed by atoms with Crippen LogP contribution in [0.15, 0.2) is 96.6 Å². The number of ketones is 1. The summed E-state index contributed by atoms with van der Waals surface area (Å²) in [6, 6.07) is 27.0. The SMILES string of the molecule is CCOc1ccc(/C(O)=C2\C(=O)C(=O)N(c3nc4c(C)cc(C)cc4s3)C2c2cccc(OCc3ccccc3)c2)cc1. The normalized spacial score (nSPS) is 16.2. The number of aliphatic hydroxyl groups is 1. The molecule has 1 N–H and O–H groups in total. The molecule has 0 bridgehead atoms. The number of aliphatic hydroxyl groups excluding tert-OH is 1. The number of fused-ring (bicyclic) bond motifs is 1. The van der Waals surface area contributed by atoms with Gasteiger partial charge in [0.1, 0.15) is 23.9 Å². The fourth-order valence-electron chi connectivity index (χ4n) is 5.35. The Hall–Kier alpha value is -4.95. The Morgan fingerprint density at radius 2 is 1.67 bits per heavy atom. The first-order valence-electron chi connectivity index (χ1n) is 14.0. The molecule has 6 rings (SSSR count). The van der Waals surface area contributed by atoms with Gasteiger partial charge in [-0.3, -0.25) is 14.5 Å². The number of hydrogen-bond acceptors (Lipinski definition) is 7. The first-order chi connectivity index (χ1) is 20.8. The smallest absolute Gasteiger partial charge is 0.301 e. The summed E-state index contributed by atoms with van der Waals surface area (Å²) in [4.78, 5) is 33.7. The van der Waals surface area contributed by atoms with Crippen LogP contribution in [0.4, 0.5) is 5.13 Å². The maximum atomic E-state index is 13.7. The molecule has 0 radical (unpaired) electrons. The monoisotopic (exact) mass is 590 g/mol. The quantitative estimate of drug-likeness (QED) is 0.114. The van der Waals surface area contributed by atoms with Gasteiger partial charge in [-0.2, -0.15) is 0 Å². The molecule has 1 aliphatic heterocycles. The first-order valence-corrected chi connectivity index (χ1v) is 14.8. The summed E-state index contributed by atoms with van der Waals surface area (Å²) in [5, 5.41) is 11.9. The number of thiazole rings is 1. The topological polar surface area (TPSA) is 89.0 Å². The van der Waals surface area contributed by atoms with E-state index in [0.29, 0.717) is 41.0 Å². The van der Waals surface area contributed by atoms with Crippen LogP contribution in [0.2, 0.25) is 0 Å². The number of nitrogens with zero attached hydrogens (tertiary/aromatic N) is 2. The number of ether oxygens (including phenoxy) is 2. The lowest BCUT2D eigenvalue weighted by Gasteiger charge is -2.23. The highest BCUT2D eigenvalue weighted by atomic mass is 32.1. The highest BCUT2D eigenvalue weighted by Crippen LogP contribution is 2.45. The highest BCUT2D eigenvalue weighted by molar-refractivity contribution is 7.22. The molecule has 1 atom stereocenters. The molecule has 2 heterocycles. The van der Waals surface area contributed by atoms with Crippen molar-refractivity contribution in [3.8, 4) is 11.5 Å². The maximum absolute atomic E-state index is 13.7. The second-order valence-electron chi connectivity index (χ2n) is 10.4. The molecule has 216 valence electrons. The molecule has 1 aromatic heterocycles. The van der Waals surface area contributed by atoms with Crippen LogP contribution >= 0.6 is 11.3 Å². The van der Waals surface area contributed by atoms with Crippen molar-refractivity contribution in [2.75, 3.05) is 11.5 Å². The molecule has 1 unspecified atom stereocenters. The number of Topliss-reactive ketones (excluding diaryl/α,β-unsaturated/α-hetero) is 1. The van der Waals surface area contributed by atoms with E-state index >= 15 is 0 Å². The van der Waals surface area contributed by atoms with Crippen molar-refractivity contribution < 1.29 is 24.2 Å². The van der Waals surface area contributed by atoms with Crippen LogP contribution in [0.5, 0.6) is 11.5 Å². The van der Waals surface area contributed by atoms with Gasteiger partial charge in [0, 0.05) is 5.56 Å². The molecular weight excluding hydrogens is 560 g/mol. The zero-order valence-corrected chi connectivity index (χ0v) is 24.9. The Bertz CT molecular complexity index is 1860. The third-order valence-electron chi connectivity index (χ3n) is 7.33. The molecule has 0 aliphatic carbocycles. The van der Waals surface area contributed by atoms with Gasteiger partial charge in [-0.25, -0.2) is 4.98 Å². The summed E-state index contributed by atoms with van der Waals surface area (Å²) in [7, 11) is 0. The molecule has 7 nitrogen and oxygen atoms in total. The van der Waals surface area contributed by atoms with E-state index in [0.717, 1.165) is 26.9 Å². The van der Waals surface area contributed by atoms with E-state index in [9.17, 15) is 14.7 Å². The fraction of sp³-hybridized carbons (Fsp3) is 0.171. The highest BCUT2D eigenvalue weighted by Gasteiger charge is 2.48. The first kappa shape index (κ1) is 28.2. The number of rotatable bonds is 8. The number of benzene rings is 4. The van der Waals surface area contributed by atoms with Crippen molar-refractivity contribution in [2.24, 2.45) is 0 Å². The summed E-state index contributed by atoms with van der Waals surface area (Å²) < 4.78 is 12.5. The Morgan fingerprint density at radius 3 is 2.42 bits per heavy atom. The summed E-state index contributed by atoms with van der Waals surface area (Å²) in [5.74, 6) is -0.582. The van der Waals surface area contributed by atoms with Gasteiger partial charge in [0.25, 0.3) is 5.78 Å². The van der Waals surface area contributed by atoms with Gasteiger partial charge in [0.2, 0.25) is 0 Å². The molecule has 4 aromatic carbocycles. The zero-order chi connectivity index (χ0) is 30.1. The van der Waals surface area contributed by atoms with Crippen LogP contribution in [0.3, 0.4) is 0 Å². The molecule has 0 saturated carbocycles. The molecule has 1 saturated heterocycles. The van der Waals surface area contributed by atoms with Crippen LogP contribution in [0, 0.1) is 13.8 Å². The van der Waals surface area contributed by atoms with Gasteiger partial charge in [0.05, 0.1) is 28.4 Å². The van der Waals surface area contributed by atoms with Gasteiger partial charge in [-0.1, -0.05) is 59.9 Å². The molecule has 1 fully saturated rings. The molecule has 1 aliphatic rings. The number of hydrogen-bond donors (Lipinski definition) is 1. The Kier molecular flexibility index (Phi) is 7.69. The van der Waals surface area contributed by atoms with Crippen LogP contribution in [0.1, 0.15) is 40.8 Å². The summed E-state index contributed by atoms with van der Waals surface area (Å²) in [5.41, 5.74) is 4.85. The van der Waals surface area contributed by atoms with Gasteiger partial charge in [-0.05, 0) is 85.5 Å². The minimum Gasteiger partial charge on any atom is -0.507 e.